The van der Waals surface area contributed by atoms with Gasteiger partial charge in [-0.25, -0.2) is 4.79 Å². The van der Waals surface area contributed by atoms with Crippen molar-refractivity contribution in [3.63, 3.8) is 0 Å². The smallest absolute Gasteiger partial charge is 0.319 e. The fourth-order valence-electron chi connectivity index (χ4n) is 2.68. The predicted molar refractivity (Wildman–Crippen MR) is 89.3 cm³/mol. The minimum atomic E-state index is -0.406. The second kappa shape index (κ2) is 7.44. The van der Waals surface area contributed by atoms with Crippen LogP contribution in [0.2, 0.25) is 0 Å². The van der Waals surface area contributed by atoms with Crippen LogP contribution in [-0.4, -0.2) is 38.2 Å². The molecule has 9 nitrogen and oxygen atoms in total. The number of aromatic nitrogens is 4. The highest BCUT2D eigenvalue weighted by molar-refractivity contribution is 5.88. The third-order valence-electron chi connectivity index (χ3n) is 3.78. The largest absolute Gasteiger partial charge is 0.343 e. The van der Waals surface area contributed by atoms with Gasteiger partial charge in [-0.15, -0.1) is 16.6 Å². The van der Waals surface area contributed by atoms with Crippen LogP contribution in [0.15, 0.2) is 24.5 Å². The molecular weight excluding hydrogens is 322 g/mol. The van der Waals surface area contributed by atoms with Gasteiger partial charge in [0, 0.05) is 12.6 Å². The maximum atomic E-state index is 12.2. The SMILES string of the molecule is C#CCNC(=O)C1CCc2nnc(CNC(=O)Nc3cccnc3)n21. The number of aryl methyl sites for hydroxylation is 1. The van der Waals surface area contributed by atoms with E-state index in [2.05, 4.69) is 37.1 Å². The summed E-state index contributed by atoms with van der Waals surface area (Å²) in [6.07, 6.45) is 9.62. The zero-order valence-electron chi connectivity index (χ0n) is 13.4. The first kappa shape index (κ1) is 16.4. The number of amides is 3. The number of terminal acetylenes is 1. The summed E-state index contributed by atoms with van der Waals surface area (Å²) in [5.41, 5.74) is 0.581. The Kier molecular flexibility index (Phi) is 4.89. The summed E-state index contributed by atoms with van der Waals surface area (Å²) < 4.78 is 1.76. The molecule has 0 fully saturated rings. The van der Waals surface area contributed by atoms with Crippen LogP contribution < -0.4 is 16.0 Å². The van der Waals surface area contributed by atoms with Gasteiger partial charge in [0.25, 0.3) is 0 Å². The van der Waals surface area contributed by atoms with Crippen LogP contribution in [0, 0.1) is 12.3 Å². The van der Waals surface area contributed by atoms with Crippen LogP contribution in [0.4, 0.5) is 10.5 Å². The van der Waals surface area contributed by atoms with Crippen LogP contribution in [0.3, 0.4) is 0 Å². The van der Waals surface area contributed by atoms with Gasteiger partial charge in [0.15, 0.2) is 5.82 Å². The molecule has 1 atom stereocenters. The molecule has 0 bridgehead atoms. The number of carbonyl (C=O) groups is 2. The number of nitrogens with one attached hydrogen (secondary N) is 3. The van der Waals surface area contributed by atoms with E-state index in [1.807, 2.05) is 0 Å². The molecule has 3 rings (SSSR count). The summed E-state index contributed by atoms with van der Waals surface area (Å²) in [6.45, 7) is 0.325. The maximum Gasteiger partial charge on any atom is 0.319 e. The quantitative estimate of drug-likeness (QED) is 0.675. The molecule has 3 amide bonds. The van der Waals surface area contributed by atoms with Crippen LogP contribution in [-0.2, 0) is 17.8 Å². The predicted octanol–water partition coefficient (Wildman–Crippen LogP) is 0.231. The Morgan fingerprint density at radius 2 is 2.24 bits per heavy atom. The lowest BCUT2D eigenvalue weighted by molar-refractivity contribution is -0.123. The molecule has 0 saturated heterocycles. The molecule has 1 aliphatic rings. The molecule has 0 radical (unpaired) electrons. The molecule has 128 valence electrons. The minimum absolute atomic E-state index is 0.151. The lowest BCUT2D eigenvalue weighted by Crippen LogP contribution is -2.34. The Balaban J connectivity index is 1.62. The number of urea groups is 1. The maximum absolute atomic E-state index is 12.2. The summed E-state index contributed by atoms with van der Waals surface area (Å²) in [7, 11) is 0. The highest BCUT2D eigenvalue weighted by Gasteiger charge is 2.32. The number of pyridine rings is 1. The van der Waals surface area contributed by atoms with E-state index in [9.17, 15) is 9.59 Å². The molecule has 25 heavy (non-hydrogen) atoms. The lowest BCUT2D eigenvalue weighted by atomic mass is 10.2. The summed E-state index contributed by atoms with van der Waals surface area (Å²) in [5, 5.41) is 16.2. The number of hydrogen-bond acceptors (Lipinski definition) is 5. The Morgan fingerprint density at radius 1 is 1.36 bits per heavy atom. The monoisotopic (exact) mass is 339 g/mol. The molecule has 9 heteroatoms. The van der Waals surface area contributed by atoms with E-state index < -0.39 is 12.1 Å². The molecular formula is C16H17N7O2. The number of rotatable bonds is 5. The number of fused-ring (bicyclic) bond motifs is 1. The molecule has 0 spiro atoms. The van der Waals surface area contributed by atoms with Crippen molar-refractivity contribution >= 4 is 17.6 Å². The average molecular weight is 339 g/mol. The second-order valence-electron chi connectivity index (χ2n) is 5.43. The van der Waals surface area contributed by atoms with Gasteiger partial charge in [0.1, 0.15) is 11.9 Å². The molecule has 0 aromatic carbocycles. The summed E-state index contributed by atoms with van der Waals surface area (Å²) in [5.74, 6) is 3.46. The fourth-order valence-corrected chi connectivity index (χ4v) is 2.68. The summed E-state index contributed by atoms with van der Waals surface area (Å²) in [6, 6.07) is 2.65. The highest BCUT2D eigenvalue weighted by Crippen LogP contribution is 2.26. The Hall–Kier alpha value is -3.41. The van der Waals surface area contributed by atoms with E-state index in [0.717, 1.165) is 5.82 Å². The van der Waals surface area contributed by atoms with Gasteiger partial charge >= 0.3 is 6.03 Å². The zero-order chi connectivity index (χ0) is 17.6. The molecule has 2 aromatic rings. The Labute approximate surface area is 144 Å². The van der Waals surface area contributed by atoms with Crippen molar-refractivity contribution < 1.29 is 9.59 Å². The highest BCUT2D eigenvalue weighted by atomic mass is 16.2. The van der Waals surface area contributed by atoms with Gasteiger partial charge < -0.3 is 20.5 Å². The van der Waals surface area contributed by atoms with Crippen LogP contribution in [0.5, 0.6) is 0 Å². The number of hydrogen-bond donors (Lipinski definition) is 3. The Bertz CT molecular complexity index is 810. The third-order valence-corrected chi connectivity index (χ3v) is 3.78. The molecule has 0 saturated carbocycles. The molecule has 3 heterocycles. The molecule has 1 unspecified atom stereocenters. The van der Waals surface area contributed by atoms with Crippen molar-refractivity contribution in [3.8, 4) is 12.3 Å². The van der Waals surface area contributed by atoms with Crippen LogP contribution in [0.1, 0.15) is 24.1 Å². The van der Waals surface area contributed by atoms with Gasteiger partial charge in [0.2, 0.25) is 5.91 Å². The van der Waals surface area contributed by atoms with E-state index >= 15 is 0 Å². The molecule has 1 aliphatic heterocycles. The molecule has 3 N–H and O–H groups in total. The van der Waals surface area contributed by atoms with Gasteiger partial charge in [-0.2, -0.15) is 0 Å². The van der Waals surface area contributed by atoms with Crippen molar-refractivity contribution in [3.05, 3.63) is 36.2 Å². The van der Waals surface area contributed by atoms with E-state index in [-0.39, 0.29) is 19.0 Å². The van der Waals surface area contributed by atoms with E-state index in [4.69, 9.17) is 6.42 Å². The first-order valence-electron chi connectivity index (χ1n) is 7.77. The minimum Gasteiger partial charge on any atom is -0.343 e. The van der Waals surface area contributed by atoms with E-state index in [1.165, 1.54) is 0 Å². The molecule has 0 aliphatic carbocycles. The standard InChI is InChI=1S/C16H17N7O2/c1-2-7-18-15(24)12-5-6-13-21-22-14(23(12)13)10-19-16(25)20-11-4-3-8-17-9-11/h1,3-4,8-9,12H,5-7,10H2,(H,18,24)(H2,19,20,25). The van der Waals surface area contributed by atoms with Crippen LogP contribution >= 0.6 is 0 Å². The normalized spacial score (nSPS) is 15.1. The van der Waals surface area contributed by atoms with Gasteiger partial charge in [-0.3, -0.25) is 9.78 Å². The van der Waals surface area contributed by atoms with Crippen molar-refractivity contribution in [1.82, 2.24) is 30.4 Å². The second-order valence-corrected chi connectivity index (χ2v) is 5.43. The summed E-state index contributed by atoms with van der Waals surface area (Å²) in [4.78, 5) is 28.1. The zero-order valence-corrected chi connectivity index (χ0v) is 13.4. The van der Waals surface area contributed by atoms with Gasteiger partial charge in [-0.05, 0) is 18.6 Å². The van der Waals surface area contributed by atoms with Gasteiger partial charge in [-0.1, -0.05) is 5.92 Å². The first-order chi connectivity index (χ1) is 12.2. The molecule has 2 aromatic heterocycles. The summed E-state index contributed by atoms with van der Waals surface area (Å²) >= 11 is 0. The third kappa shape index (κ3) is 3.74. The van der Waals surface area contributed by atoms with E-state index in [1.54, 1.807) is 29.1 Å². The van der Waals surface area contributed by atoms with Gasteiger partial charge in [0.05, 0.1) is 25.0 Å². The Morgan fingerprint density at radius 3 is 3.00 bits per heavy atom. The topological polar surface area (TPSA) is 114 Å². The number of carbonyl (C=O) groups excluding carboxylic acids is 2. The van der Waals surface area contributed by atoms with Crippen molar-refractivity contribution in [1.29, 1.82) is 0 Å². The van der Waals surface area contributed by atoms with Crippen molar-refractivity contribution in [2.45, 2.75) is 25.4 Å². The lowest BCUT2D eigenvalue weighted by Gasteiger charge is -2.14. The van der Waals surface area contributed by atoms with Crippen molar-refractivity contribution in [2.24, 2.45) is 0 Å². The van der Waals surface area contributed by atoms with Crippen LogP contribution in [0.25, 0.3) is 0 Å². The average Bonchev–Trinajstić information content (AvgIpc) is 3.21. The number of anilines is 1. The van der Waals surface area contributed by atoms with Crippen molar-refractivity contribution in [2.75, 3.05) is 11.9 Å². The number of nitrogens with zero attached hydrogens (tertiary/aromatic N) is 4. The first-order valence-corrected chi connectivity index (χ1v) is 7.77. The fraction of sp³-hybridized carbons (Fsp3) is 0.312. The van der Waals surface area contributed by atoms with E-state index in [0.29, 0.717) is 24.4 Å².